The number of ether oxygens (including phenoxy) is 2. The van der Waals surface area contributed by atoms with Crippen LogP contribution in [0.3, 0.4) is 0 Å². The van der Waals surface area contributed by atoms with E-state index in [4.69, 9.17) is 14.6 Å². The topological polar surface area (TPSA) is 50.7 Å². The number of aliphatic hydroxyl groups excluding tert-OH is 1. The Labute approximate surface area is 115 Å². The number of methoxy groups -OCH3 is 1. The lowest BCUT2D eigenvalue weighted by Crippen LogP contribution is -2.16. The van der Waals surface area contributed by atoms with E-state index < -0.39 is 0 Å². The summed E-state index contributed by atoms with van der Waals surface area (Å²) in [6, 6.07) is 7.88. The fraction of sp³-hybridized carbons (Fsp3) is 0.538. The van der Waals surface area contributed by atoms with E-state index in [-0.39, 0.29) is 19.0 Å². The van der Waals surface area contributed by atoms with Gasteiger partial charge in [-0.15, -0.1) is 12.4 Å². The van der Waals surface area contributed by atoms with Gasteiger partial charge in [0, 0.05) is 20.3 Å². The second-order valence-corrected chi connectivity index (χ2v) is 3.74. The average molecular weight is 276 g/mol. The van der Waals surface area contributed by atoms with Gasteiger partial charge in [-0.25, -0.2) is 0 Å². The van der Waals surface area contributed by atoms with Crippen molar-refractivity contribution in [3.63, 3.8) is 0 Å². The van der Waals surface area contributed by atoms with Crippen LogP contribution >= 0.6 is 12.4 Å². The Kier molecular flexibility index (Phi) is 10.8. The minimum atomic E-state index is 0. The minimum absolute atomic E-state index is 0. The van der Waals surface area contributed by atoms with Crippen LogP contribution < -0.4 is 10.1 Å². The van der Waals surface area contributed by atoms with E-state index in [1.807, 2.05) is 24.3 Å². The van der Waals surface area contributed by atoms with Gasteiger partial charge in [-0.3, -0.25) is 0 Å². The maximum absolute atomic E-state index is 8.62. The molecule has 0 saturated carbocycles. The predicted molar refractivity (Wildman–Crippen MR) is 74.5 cm³/mol. The highest BCUT2D eigenvalue weighted by atomic mass is 35.5. The zero-order chi connectivity index (χ0) is 12.3. The van der Waals surface area contributed by atoms with Crippen molar-refractivity contribution >= 4 is 12.4 Å². The quantitative estimate of drug-likeness (QED) is 0.672. The Morgan fingerprint density at radius 2 is 1.89 bits per heavy atom. The lowest BCUT2D eigenvalue weighted by molar-refractivity contribution is 0.194. The molecule has 2 N–H and O–H groups in total. The third kappa shape index (κ3) is 7.50. The van der Waals surface area contributed by atoms with Gasteiger partial charge in [-0.05, 0) is 30.7 Å². The van der Waals surface area contributed by atoms with Crippen molar-refractivity contribution in [2.45, 2.75) is 13.0 Å². The molecule has 0 radical (unpaired) electrons. The molecule has 0 aliphatic carbocycles. The first-order valence-electron chi connectivity index (χ1n) is 5.89. The molecule has 0 amide bonds. The number of halogens is 1. The standard InChI is InChI=1S/C13H21NO3.ClH/c1-16-9-2-7-14-11-12-3-5-13(6-4-12)17-10-8-15;/h3-6,14-15H,2,7-11H2,1H3;1H. The first kappa shape index (κ1) is 17.2. The number of aliphatic hydroxyl groups is 1. The summed E-state index contributed by atoms with van der Waals surface area (Å²) >= 11 is 0. The Hall–Kier alpha value is -0.810. The summed E-state index contributed by atoms with van der Waals surface area (Å²) < 4.78 is 10.3. The molecule has 0 heterocycles. The molecule has 4 nitrogen and oxygen atoms in total. The molecule has 0 unspecified atom stereocenters. The number of rotatable bonds is 9. The van der Waals surface area contributed by atoms with Crippen LogP contribution in [0.1, 0.15) is 12.0 Å². The summed E-state index contributed by atoms with van der Waals surface area (Å²) in [6.07, 6.45) is 1.02. The van der Waals surface area contributed by atoms with Crippen LogP contribution in [0.5, 0.6) is 5.75 Å². The molecule has 18 heavy (non-hydrogen) atoms. The molecule has 0 atom stereocenters. The molecular formula is C13H22ClNO3. The summed E-state index contributed by atoms with van der Waals surface area (Å²) in [5, 5.41) is 12.0. The second-order valence-electron chi connectivity index (χ2n) is 3.74. The molecule has 0 fully saturated rings. The maximum atomic E-state index is 8.62. The van der Waals surface area contributed by atoms with Gasteiger partial charge in [0.2, 0.25) is 0 Å². The molecule has 5 heteroatoms. The van der Waals surface area contributed by atoms with E-state index in [9.17, 15) is 0 Å². The largest absolute Gasteiger partial charge is 0.491 e. The fourth-order valence-corrected chi connectivity index (χ4v) is 1.44. The van der Waals surface area contributed by atoms with Gasteiger partial charge in [0.1, 0.15) is 12.4 Å². The molecule has 1 aromatic rings. The SMILES string of the molecule is COCCCNCc1ccc(OCCO)cc1.Cl. The average Bonchev–Trinajstić information content (AvgIpc) is 2.37. The van der Waals surface area contributed by atoms with Crippen molar-refractivity contribution in [1.29, 1.82) is 0 Å². The third-order valence-corrected chi connectivity index (χ3v) is 2.31. The number of hydrogen-bond acceptors (Lipinski definition) is 4. The van der Waals surface area contributed by atoms with Crippen LogP contribution in [0.15, 0.2) is 24.3 Å². The highest BCUT2D eigenvalue weighted by molar-refractivity contribution is 5.85. The number of nitrogens with one attached hydrogen (secondary N) is 1. The summed E-state index contributed by atoms with van der Waals surface area (Å²) in [6.45, 7) is 2.99. The summed E-state index contributed by atoms with van der Waals surface area (Å²) in [4.78, 5) is 0. The van der Waals surface area contributed by atoms with E-state index in [1.165, 1.54) is 5.56 Å². The van der Waals surface area contributed by atoms with Gasteiger partial charge in [0.15, 0.2) is 0 Å². The monoisotopic (exact) mass is 275 g/mol. The smallest absolute Gasteiger partial charge is 0.119 e. The zero-order valence-electron chi connectivity index (χ0n) is 10.7. The molecule has 0 aliphatic rings. The van der Waals surface area contributed by atoms with Gasteiger partial charge in [0.05, 0.1) is 6.61 Å². The van der Waals surface area contributed by atoms with Crippen molar-refractivity contribution in [2.24, 2.45) is 0 Å². The minimum Gasteiger partial charge on any atom is -0.491 e. The van der Waals surface area contributed by atoms with E-state index in [0.717, 1.165) is 31.9 Å². The highest BCUT2D eigenvalue weighted by Gasteiger charge is 1.95. The highest BCUT2D eigenvalue weighted by Crippen LogP contribution is 2.11. The Bertz CT molecular complexity index is 293. The lowest BCUT2D eigenvalue weighted by atomic mass is 10.2. The van der Waals surface area contributed by atoms with E-state index in [0.29, 0.717) is 6.61 Å². The van der Waals surface area contributed by atoms with Crippen molar-refractivity contribution in [2.75, 3.05) is 33.5 Å². The lowest BCUT2D eigenvalue weighted by Gasteiger charge is -2.07. The molecular weight excluding hydrogens is 254 g/mol. The number of hydrogen-bond donors (Lipinski definition) is 2. The molecule has 0 saturated heterocycles. The normalized spacial score (nSPS) is 9.89. The molecule has 104 valence electrons. The Balaban J connectivity index is 0.00000289. The second kappa shape index (κ2) is 11.3. The summed E-state index contributed by atoms with van der Waals surface area (Å²) in [7, 11) is 1.71. The van der Waals surface area contributed by atoms with E-state index in [1.54, 1.807) is 7.11 Å². The van der Waals surface area contributed by atoms with Crippen molar-refractivity contribution in [3.05, 3.63) is 29.8 Å². The third-order valence-electron chi connectivity index (χ3n) is 2.31. The molecule has 1 rings (SSSR count). The van der Waals surface area contributed by atoms with Crippen LogP contribution in [-0.4, -0.2) is 38.6 Å². The fourth-order valence-electron chi connectivity index (χ4n) is 1.44. The summed E-state index contributed by atoms with van der Waals surface area (Å²) in [5.41, 5.74) is 1.22. The molecule has 0 aromatic heterocycles. The molecule has 0 bridgehead atoms. The molecule has 0 spiro atoms. The van der Waals surface area contributed by atoms with Crippen LogP contribution in [-0.2, 0) is 11.3 Å². The van der Waals surface area contributed by atoms with E-state index in [2.05, 4.69) is 5.32 Å². The van der Waals surface area contributed by atoms with Gasteiger partial charge in [-0.1, -0.05) is 12.1 Å². The van der Waals surface area contributed by atoms with Crippen LogP contribution in [0.25, 0.3) is 0 Å². The van der Waals surface area contributed by atoms with Crippen molar-refractivity contribution in [1.82, 2.24) is 5.32 Å². The van der Waals surface area contributed by atoms with Gasteiger partial charge in [0.25, 0.3) is 0 Å². The Morgan fingerprint density at radius 1 is 1.17 bits per heavy atom. The Morgan fingerprint density at radius 3 is 2.50 bits per heavy atom. The predicted octanol–water partition coefficient (Wildman–Crippen LogP) is 1.61. The first-order valence-corrected chi connectivity index (χ1v) is 5.89. The van der Waals surface area contributed by atoms with Crippen molar-refractivity contribution in [3.8, 4) is 5.75 Å². The molecule has 1 aromatic carbocycles. The number of benzene rings is 1. The molecule has 0 aliphatic heterocycles. The zero-order valence-corrected chi connectivity index (χ0v) is 11.5. The van der Waals surface area contributed by atoms with Crippen molar-refractivity contribution < 1.29 is 14.6 Å². The van der Waals surface area contributed by atoms with Crippen LogP contribution in [0, 0.1) is 0 Å². The maximum Gasteiger partial charge on any atom is 0.119 e. The van der Waals surface area contributed by atoms with Gasteiger partial charge >= 0.3 is 0 Å². The van der Waals surface area contributed by atoms with Gasteiger partial charge < -0.3 is 19.9 Å². The van der Waals surface area contributed by atoms with E-state index >= 15 is 0 Å². The first-order chi connectivity index (χ1) is 8.36. The van der Waals surface area contributed by atoms with Crippen LogP contribution in [0.2, 0.25) is 0 Å². The summed E-state index contributed by atoms with van der Waals surface area (Å²) in [5.74, 6) is 0.794. The van der Waals surface area contributed by atoms with Gasteiger partial charge in [-0.2, -0.15) is 0 Å². The van der Waals surface area contributed by atoms with Crippen LogP contribution in [0.4, 0.5) is 0 Å².